The van der Waals surface area contributed by atoms with Crippen molar-refractivity contribution in [2.45, 2.75) is 29.1 Å². The molecule has 0 amide bonds. The molecular weight excluding hydrogens is 400 g/mol. The third kappa shape index (κ3) is 4.78. The highest BCUT2D eigenvalue weighted by Crippen LogP contribution is 2.34. The van der Waals surface area contributed by atoms with Gasteiger partial charge in [0.2, 0.25) is 10.0 Å². The number of nitrogens with zero attached hydrogens (tertiary/aromatic N) is 2. The molecule has 0 saturated heterocycles. The summed E-state index contributed by atoms with van der Waals surface area (Å²) in [6.07, 6.45) is 0.890. The normalized spacial score (nSPS) is 15.7. The number of halogens is 1. The molecular formula is C11H13ClN4O7S2. The summed E-state index contributed by atoms with van der Waals surface area (Å²) in [5, 5.41) is 16.6. The topological polar surface area (TPSA) is 171 Å². The minimum Gasteiger partial charge on any atom is -0.342 e. The fourth-order valence-corrected chi connectivity index (χ4v) is 4.43. The van der Waals surface area contributed by atoms with Crippen molar-refractivity contribution in [2.24, 2.45) is 9.54 Å². The summed E-state index contributed by atoms with van der Waals surface area (Å²) in [5.74, 6) is 0.105. The van der Waals surface area contributed by atoms with Gasteiger partial charge in [-0.15, -0.1) is 14.5 Å². The molecule has 11 nitrogen and oxygen atoms in total. The zero-order valence-electron chi connectivity index (χ0n) is 12.5. The average molecular weight is 413 g/mol. The first kappa shape index (κ1) is 19.4. The number of amidine groups is 1. The summed E-state index contributed by atoms with van der Waals surface area (Å²) in [7, 11) is -8.34. The highest BCUT2D eigenvalue weighted by Gasteiger charge is 2.28. The van der Waals surface area contributed by atoms with Gasteiger partial charge in [0, 0.05) is 6.42 Å². The minimum absolute atomic E-state index is 0.0731. The summed E-state index contributed by atoms with van der Waals surface area (Å²) >= 11 is 5.85. The molecule has 0 aromatic heterocycles. The number of benzene rings is 1. The van der Waals surface area contributed by atoms with Gasteiger partial charge in [0.25, 0.3) is 15.1 Å². The third-order valence-electron chi connectivity index (χ3n) is 3.13. The zero-order chi connectivity index (χ0) is 18.8. The Morgan fingerprint density at radius 1 is 1.36 bits per heavy atom. The van der Waals surface area contributed by atoms with Crippen molar-refractivity contribution in [1.82, 2.24) is 0 Å². The van der Waals surface area contributed by atoms with Gasteiger partial charge >= 0.3 is 0 Å². The monoisotopic (exact) mass is 412 g/mol. The molecule has 14 heteroatoms. The van der Waals surface area contributed by atoms with Crippen LogP contribution < -0.4 is 10.5 Å². The molecule has 1 aliphatic rings. The Hall–Kier alpha value is -1.96. The maximum Gasteiger partial charge on any atom is 0.294 e. The van der Waals surface area contributed by atoms with Gasteiger partial charge in [-0.3, -0.25) is 0 Å². The molecule has 0 saturated carbocycles. The van der Waals surface area contributed by atoms with Gasteiger partial charge in [-0.05, 0) is 25.0 Å². The highest BCUT2D eigenvalue weighted by atomic mass is 35.5. The van der Waals surface area contributed by atoms with E-state index in [1.54, 1.807) is 0 Å². The van der Waals surface area contributed by atoms with Crippen molar-refractivity contribution in [3.05, 3.63) is 27.3 Å². The molecule has 1 aromatic rings. The predicted octanol–water partition coefficient (Wildman–Crippen LogP) is 0.879. The van der Waals surface area contributed by atoms with E-state index < -0.39 is 30.0 Å². The number of nitrogens with two attached hydrogens (primary N) is 1. The first-order valence-corrected chi connectivity index (χ1v) is 10.1. The zero-order valence-corrected chi connectivity index (χ0v) is 14.9. The van der Waals surface area contributed by atoms with Crippen molar-refractivity contribution in [3.8, 4) is 0 Å². The Morgan fingerprint density at radius 3 is 2.64 bits per heavy atom. The molecule has 0 aliphatic carbocycles. The maximum absolute atomic E-state index is 12.2. The van der Waals surface area contributed by atoms with Crippen LogP contribution in [0.25, 0.3) is 0 Å². The van der Waals surface area contributed by atoms with E-state index in [1.165, 1.54) is 0 Å². The number of hydrogen-bond acceptors (Lipinski definition) is 8. The van der Waals surface area contributed by atoms with E-state index in [-0.39, 0.29) is 34.5 Å². The average Bonchev–Trinajstić information content (AvgIpc) is 2.43. The van der Waals surface area contributed by atoms with E-state index >= 15 is 0 Å². The van der Waals surface area contributed by atoms with Crippen molar-refractivity contribution >= 4 is 43.2 Å². The molecule has 3 N–H and O–H groups in total. The SMILES string of the molecule is NS(=O)(=O)c1cc2c(cc1Cl)NC(CCCCO[N+](=O)[O-])=NS2(=O)=O. The number of sulfonamides is 2. The van der Waals surface area contributed by atoms with Crippen LogP contribution in [-0.2, 0) is 24.9 Å². The molecule has 0 unspecified atom stereocenters. The van der Waals surface area contributed by atoms with Crippen LogP contribution in [0.5, 0.6) is 0 Å². The Labute approximate surface area is 148 Å². The van der Waals surface area contributed by atoms with Gasteiger partial charge in [0.1, 0.15) is 15.6 Å². The predicted molar refractivity (Wildman–Crippen MR) is 87.9 cm³/mol. The molecule has 2 rings (SSSR count). The fourth-order valence-electron chi connectivity index (χ4n) is 2.08. The van der Waals surface area contributed by atoms with Crippen molar-refractivity contribution < 1.29 is 26.8 Å². The standard InChI is InChI=1S/C11H13ClN4O7S2/c12-7-5-8-10(6-9(7)24(13,19)20)25(21,22)15-11(14-8)3-1-2-4-23-16(17)18/h5-6H,1-4H2,(H,14,15)(H2,13,19,20). The summed E-state index contributed by atoms with van der Waals surface area (Å²) in [6, 6.07) is 1.99. The van der Waals surface area contributed by atoms with Gasteiger partial charge in [0.15, 0.2) is 0 Å². The van der Waals surface area contributed by atoms with Crippen LogP contribution >= 0.6 is 11.6 Å². The summed E-state index contributed by atoms with van der Waals surface area (Å²) < 4.78 is 50.9. The van der Waals surface area contributed by atoms with E-state index in [0.29, 0.717) is 12.8 Å². The van der Waals surface area contributed by atoms with Gasteiger partial charge in [-0.2, -0.15) is 8.42 Å². The third-order valence-corrected chi connectivity index (χ3v) is 5.86. The van der Waals surface area contributed by atoms with Crippen LogP contribution in [0.1, 0.15) is 19.3 Å². The van der Waals surface area contributed by atoms with Crippen molar-refractivity contribution in [2.75, 3.05) is 11.9 Å². The molecule has 0 radical (unpaired) electrons. The van der Waals surface area contributed by atoms with E-state index in [2.05, 4.69) is 14.6 Å². The van der Waals surface area contributed by atoms with Crippen LogP contribution in [-0.4, -0.2) is 34.4 Å². The molecule has 138 valence electrons. The van der Waals surface area contributed by atoms with Crippen LogP contribution in [0.3, 0.4) is 0 Å². The number of rotatable bonds is 7. The van der Waals surface area contributed by atoms with Crippen LogP contribution in [0.2, 0.25) is 5.02 Å². The lowest BCUT2D eigenvalue weighted by Crippen LogP contribution is -2.23. The fraction of sp³-hybridized carbons (Fsp3) is 0.364. The number of nitrogens with one attached hydrogen (secondary N) is 1. The Balaban J connectivity index is 2.20. The molecule has 25 heavy (non-hydrogen) atoms. The first-order valence-electron chi connectivity index (χ1n) is 6.75. The summed E-state index contributed by atoms with van der Waals surface area (Å²) in [6.45, 7) is -0.118. The van der Waals surface area contributed by atoms with Crippen molar-refractivity contribution in [3.63, 3.8) is 0 Å². The number of unbranched alkanes of at least 4 members (excludes halogenated alkanes) is 1. The van der Waals surface area contributed by atoms with Gasteiger partial charge < -0.3 is 10.2 Å². The van der Waals surface area contributed by atoms with E-state index in [1.807, 2.05) is 0 Å². The second-order valence-electron chi connectivity index (χ2n) is 4.98. The van der Waals surface area contributed by atoms with E-state index in [0.717, 1.165) is 12.1 Å². The van der Waals surface area contributed by atoms with Crippen LogP contribution in [0, 0.1) is 10.1 Å². The van der Waals surface area contributed by atoms with Crippen LogP contribution in [0.4, 0.5) is 5.69 Å². The van der Waals surface area contributed by atoms with Crippen LogP contribution in [0.15, 0.2) is 26.3 Å². The van der Waals surface area contributed by atoms with Gasteiger partial charge in [0.05, 0.1) is 17.3 Å². The Bertz CT molecular complexity index is 943. The number of hydrogen-bond donors (Lipinski definition) is 2. The van der Waals surface area contributed by atoms with E-state index in [9.17, 15) is 26.9 Å². The maximum atomic E-state index is 12.2. The molecule has 0 fully saturated rings. The lowest BCUT2D eigenvalue weighted by Gasteiger charge is -2.19. The second kappa shape index (κ2) is 7.11. The number of primary sulfonamides is 1. The number of anilines is 1. The van der Waals surface area contributed by atoms with Crippen molar-refractivity contribution in [1.29, 1.82) is 0 Å². The quantitative estimate of drug-likeness (QED) is 0.377. The Morgan fingerprint density at radius 2 is 2.04 bits per heavy atom. The second-order valence-corrected chi connectivity index (χ2v) is 8.49. The Kier molecular flexibility index (Phi) is 5.51. The molecule has 1 aromatic carbocycles. The van der Waals surface area contributed by atoms with E-state index in [4.69, 9.17) is 16.7 Å². The molecule has 0 bridgehead atoms. The van der Waals surface area contributed by atoms with Gasteiger partial charge in [-0.25, -0.2) is 13.6 Å². The molecule has 1 heterocycles. The smallest absolute Gasteiger partial charge is 0.294 e. The minimum atomic E-state index is -4.20. The summed E-state index contributed by atoms with van der Waals surface area (Å²) in [5.41, 5.74) is 0.0731. The largest absolute Gasteiger partial charge is 0.342 e. The first-order chi connectivity index (χ1) is 11.5. The lowest BCUT2D eigenvalue weighted by molar-refractivity contribution is -0.757. The molecule has 1 aliphatic heterocycles. The highest BCUT2D eigenvalue weighted by molar-refractivity contribution is 7.91. The lowest BCUT2D eigenvalue weighted by atomic mass is 10.2. The van der Waals surface area contributed by atoms with Gasteiger partial charge in [-0.1, -0.05) is 11.6 Å². The molecule has 0 spiro atoms. The molecule has 0 atom stereocenters. The number of fused-ring (bicyclic) bond motifs is 1. The summed E-state index contributed by atoms with van der Waals surface area (Å²) in [4.78, 5) is 13.3.